The van der Waals surface area contributed by atoms with E-state index in [1.807, 2.05) is 12.3 Å². The Morgan fingerprint density at radius 1 is 1.59 bits per heavy atom. The maximum absolute atomic E-state index is 9.89. The molecular formula is C11H15N3O2S. The minimum atomic E-state index is 0.0935. The van der Waals surface area contributed by atoms with Crippen molar-refractivity contribution >= 4 is 22.7 Å². The molecule has 0 atom stereocenters. The number of hydrogen-bond donors (Lipinski definition) is 3. The number of aliphatic hydroxyl groups excluding tert-OH is 2. The Bertz CT molecular complexity index is 467. The fraction of sp³-hybridized carbons (Fsp3) is 0.455. The summed E-state index contributed by atoms with van der Waals surface area (Å²) < 4.78 is 0. The Kier molecular flexibility index (Phi) is 3.44. The molecule has 92 valence electrons. The van der Waals surface area contributed by atoms with Gasteiger partial charge in [-0.1, -0.05) is 0 Å². The third-order valence-corrected chi connectivity index (χ3v) is 3.58. The van der Waals surface area contributed by atoms with Gasteiger partial charge < -0.3 is 15.1 Å². The van der Waals surface area contributed by atoms with E-state index in [-0.39, 0.29) is 12.4 Å². The summed E-state index contributed by atoms with van der Waals surface area (Å²) in [5, 5.41) is 29.3. The first-order valence-corrected chi connectivity index (χ1v) is 6.30. The molecule has 0 unspecified atom stereocenters. The van der Waals surface area contributed by atoms with E-state index in [1.54, 1.807) is 4.90 Å². The summed E-state index contributed by atoms with van der Waals surface area (Å²) in [6, 6.07) is 0. The van der Waals surface area contributed by atoms with Gasteiger partial charge in [0.25, 0.3) is 0 Å². The fourth-order valence-electron chi connectivity index (χ4n) is 1.78. The molecule has 1 aromatic heterocycles. The van der Waals surface area contributed by atoms with E-state index in [9.17, 15) is 5.11 Å². The topological polar surface area (TPSA) is 80.4 Å². The number of thiazole rings is 1. The molecule has 0 bridgehead atoms. The van der Waals surface area contributed by atoms with Crippen molar-refractivity contribution in [3.63, 3.8) is 0 Å². The van der Waals surface area contributed by atoms with E-state index in [0.29, 0.717) is 35.9 Å². The maximum atomic E-state index is 9.89. The van der Waals surface area contributed by atoms with Gasteiger partial charge in [0.05, 0.1) is 12.1 Å². The second kappa shape index (κ2) is 4.85. The highest BCUT2D eigenvalue weighted by Gasteiger charge is 2.29. The molecule has 0 amide bonds. The van der Waals surface area contributed by atoms with Crippen molar-refractivity contribution in [2.75, 3.05) is 19.7 Å². The summed E-state index contributed by atoms with van der Waals surface area (Å²) in [4.78, 5) is 6.04. The van der Waals surface area contributed by atoms with Crippen molar-refractivity contribution in [1.29, 1.82) is 5.41 Å². The highest BCUT2D eigenvalue weighted by Crippen LogP contribution is 2.29. The molecule has 0 radical (unpaired) electrons. The number of hydrogen-bond acceptors (Lipinski definition) is 5. The molecule has 0 aromatic carbocycles. The van der Waals surface area contributed by atoms with Gasteiger partial charge in [-0.25, -0.2) is 4.98 Å². The van der Waals surface area contributed by atoms with Gasteiger partial charge in [0, 0.05) is 24.2 Å². The summed E-state index contributed by atoms with van der Waals surface area (Å²) in [6.07, 6.45) is 0.597. The Morgan fingerprint density at radius 2 is 2.35 bits per heavy atom. The molecule has 0 spiro atoms. The van der Waals surface area contributed by atoms with Crippen LogP contribution in [0, 0.1) is 12.3 Å². The van der Waals surface area contributed by atoms with E-state index in [0.717, 1.165) is 5.69 Å². The minimum absolute atomic E-state index is 0.0935. The van der Waals surface area contributed by atoms with E-state index in [4.69, 9.17) is 10.5 Å². The lowest BCUT2D eigenvalue weighted by Gasteiger charge is -2.17. The quantitative estimate of drug-likeness (QED) is 0.757. The van der Waals surface area contributed by atoms with Crippen molar-refractivity contribution in [3.8, 4) is 0 Å². The number of aliphatic hydroxyl groups is 2. The van der Waals surface area contributed by atoms with Crippen LogP contribution in [0.2, 0.25) is 0 Å². The van der Waals surface area contributed by atoms with Crippen LogP contribution in [0.15, 0.2) is 11.1 Å². The number of amidine groups is 1. The average molecular weight is 253 g/mol. The molecule has 1 aliphatic rings. The molecule has 1 aromatic rings. The third-order valence-electron chi connectivity index (χ3n) is 2.60. The summed E-state index contributed by atoms with van der Waals surface area (Å²) >= 11 is 1.43. The van der Waals surface area contributed by atoms with Crippen LogP contribution in [0.5, 0.6) is 0 Å². The molecule has 17 heavy (non-hydrogen) atoms. The van der Waals surface area contributed by atoms with Crippen LogP contribution in [-0.4, -0.2) is 45.6 Å². The molecule has 2 heterocycles. The van der Waals surface area contributed by atoms with Crippen molar-refractivity contribution in [2.24, 2.45) is 0 Å². The van der Waals surface area contributed by atoms with Gasteiger partial charge in [0.1, 0.15) is 16.6 Å². The van der Waals surface area contributed by atoms with E-state index in [1.165, 1.54) is 11.3 Å². The van der Waals surface area contributed by atoms with Gasteiger partial charge in [-0.3, -0.25) is 5.41 Å². The Labute approximate surface area is 104 Å². The van der Waals surface area contributed by atoms with Crippen molar-refractivity contribution in [1.82, 2.24) is 9.88 Å². The van der Waals surface area contributed by atoms with Gasteiger partial charge in [0.2, 0.25) is 0 Å². The van der Waals surface area contributed by atoms with Gasteiger partial charge >= 0.3 is 0 Å². The average Bonchev–Trinajstić information content (AvgIpc) is 2.81. The number of nitrogens with one attached hydrogen (secondary N) is 1. The molecule has 2 rings (SSSR count). The smallest absolute Gasteiger partial charge is 0.135 e. The van der Waals surface area contributed by atoms with Crippen LogP contribution >= 0.6 is 11.3 Å². The van der Waals surface area contributed by atoms with Crippen molar-refractivity contribution in [2.45, 2.75) is 13.3 Å². The summed E-state index contributed by atoms with van der Waals surface area (Å²) in [5.41, 5.74) is 1.42. The fourth-order valence-corrected chi connectivity index (χ4v) is 2.64. The van der Waals surface area contributed by atoms with Crippen LogP contribution in [-0.2, 0) is 0 Å². The summed E-state index contributed by atoms with van der Waals surface area (Å²) in [6.45, 7) is 2.90. The summed E-state index contributed by atoms with van der Waals surface area (Å²) in [5.74, 6) is 0.493. The standard InChI is InChI=1S/C11H15N3O2S/c1-7-6-17-11(13-7)9-8(16)5-14(10(9)12)3-2-4-15/h6,12,15-16H,2-5H2,1H3. The number of aryl methyl sites for hydroxylation is 1. The first kappa shape index (κ1) is 12.1. The first-order chi connectivity index (χ1) is 8.13. The van der Waals surface area contributed by atoms with Crippen LogP contribution in [0.3, 0.4) is 0 Å². The highest BCUT2D eigenvalue weighted by molar-refractivity contribution is 7.11. The third kappa shape index (κ3) is 2.32. The number of aromatic nitrogens is 1. The second-order valence-corrected chi connectivity index (χ2v) is 4.82. The molecular weight excluding hydrogens is 238 g/mol. The van der Waals surface area contributed by atoms with E-state index in [2.05, 4.69) is 4.98 Å². The van der Waals surface area contributed by atoms with Crippen LogP contribution in [0.1, 0.15) is 17.1 Å². The lowest BCUT2D eigenvalue weighted by Crippen LogP contribution is -2.28. The van der Waals surface area contributed by atoms with Crippen molar-refractivity contribution in [3.05, 3.63) is 21.8 Å². The lowest BCUT2D eigenvalue weighted by molar-refractivity contribution is 0.265. The predicted molar refractivity (Wildman–Crippen MR) is 67.4 cm³/mol. The molecule has 0 aliphatic carbocycles. The minimum Gasteiger partial charge on any atom is -0.510 e. The Morgan fingerprint density at radius 3 is 2.94 bits per heavy atom. The SMILES string of the molecule is Cc1csc(C2=C(O)CN(CCCO)C2=N)n1. The lowest BCUT2D eigenvalue weighted by atomic mass is 10.2. The zero-order valence-electron chi connectivity index (χ0n) is 9.60. The largest absolute Gasteiger partial charge is 0.510 e. The van der Waals surface area contributed by atoms with E-state index >= 15 is 0 Å². The molecule has 1 aliphatic heterocycles. The Balaban J connectivity index is 2.18. The molecule has 0 fully saturated rings. The summed E-state index contributed by atoms with van der Waals surface area (Å²) in [7, 11) is 0. The van der Waals surface area contributed by atoms with Gasteiger partial charge in [0.15, 0.2) is 0 Å². The molecule has 0 saturated carbocycles. The van der Waals surface area contributed by atoms with Crippen LogP contribution < -0.4 is 0 Å². The predicted octanol–water partition coefficient (Wildman–Crippen LogP) is 1.40. The molecule has 3 N–H and O–H groups in total. The normalized spacial score (nSPS) is 16.1. The second-order valence-electron chi connectivity index (χ2n) is 3.96. The van der Waals surface area contributed by atoms with Crippen LogP contribution in [0.4, 0.5) is 0 Å². The van der Waals surface area contributed by atoms with Crippen LogP contribution in [0.25, 0.3) is 5.57 Å². The molecule has 6 heteroatoms. The Hall–Kier alpha value is -1.40. The monoisotopic (exact) mass is 253 g/mol. The van der Waals surface area contributed by atoms with Crippen molar-refractivity contribution < 1.29 is 10.2 Å². The first-order valence-electron chi connectivity index (χ1n) is 5.43. The number of rotatable bonds is 4. The zero-order chi connectivity index (χ0) is 12.4. The molecule has 5 nitrogen and oxygen atoms in total. The van der Waals surface area contributed by atoms with Gasteiger partial charge in [-0.15, -0.1) is 11.3 Å². The van der Waals surface area contributed by atoms with E-state index < -0.39 is 0 Å². The molecule has 0 saturated heterocycles. The zero-order valence-corrected chi connectivity index (χ0v) is 10.4. The maximum Gasteiger partial charge on any atom is 0.135 e. The number of nitrogens with zero attached hydrogens (tertiary/aromatic N) is 2. The van der Waals surface area contributed by atoms with Gasteiger partial charge in [-0.05, 0) is 13.3 Å². The van der Waals surface area contributed by atoms with Gasteiger partial charge in [-0.2, -0.15) is 0 Å². The highest BCUT2D eigenvalue weighted by atomic mass is 32.1.